The van der Waals surface area contributed by atoms with Crippen molar-refractivity contribution in [3.8, 4) is 11.5 Å². The van der Waals surface area contributed by atoms with E-state index in [4.69, 9.17) is 9.94 Å². The molecule has 102 valence electrons. The summed E-state index contributed by atoms with van der Waals surface area (Å²) in [5.74, 6) is 0.480. The Morgan fingerprint density at radius 2 is 1.75 bits per heavy atom. The van der Waals surface area contributed by atoms with E-state index in [1.54, 1.807) is 24.3 Å². The van der Waals surface area contributed by atoms with Gasteiger partial charge in [-0.2, -0.15) is 0 Å². The Morgan fingerprint density at radius 1 is 1.05 bits per heavy atom. The molecule has 0 amide bonds. The van der Waals surface area contributed by atoms with E-state index in [1.165, 1.54) is 7.11 Å². The minimum Gasteiger partial charge on any atom is -0.464 e. The number of methoxy groups -OCH3 is 1. The first-order valence-electron chi connectivity index (χ1n) is 5.88. The Labute approximate surface area is 116 Å². The van der Waals surface area contributed by atoms with E-state index in [1.807, 2.05) is 30.3 Å². The largest absolute Gasteiger partial charge is 0.464 e. The molecule has 0 unspecified atom stereocenters. The fraction of sp³-hybridized carbons (Fsp3) is 0.0667. The number of hydrogen-bond acceptors (Lipinski definition) is 5. The number of hydrogen-bond donors (Lipinski definition) is 1. The maximum Gasteiger partial charge on any atom is 0.360 e. The molecule has 0 aliphatic carbocycles. The van der Waals surface area contributed by atoms with Crippen molar-refractivity contribution >= 4 is 11.7 Å². The van der Waals surface area contributed by atoms with E-state index >= 15 is 0 Å². The third kappa shape index (κ3) is 3.14. The molecule has 0 aliphatic heterocycles. The third-order valence-corrected chi connectivity index (χ3v) is 2.57. The second-order valence-electron chi connectivity index (χ2n) is 3.88. The molecule has 0 saturated heterocycles. The Bertz CT molecular complexity index is 623. The summed E-state index contributed by atoms with van der Waals surface area (Å²) in [6, 6.07) is 15.9. The number of ether oxygens (including phenoxy) is 2. The van der Waals surface area contributed by atoms with E-state index in [-0.39, 0.29) is 5.71 Å². The molecule has 20 heavy (non-hydrogen) atoms. The highest BCUT2D eigenvalue weighted by Gasteiger charge is 2.15. The fourth-order valence-corrected chi connectivity index (χ4v) is 1.64. The lowest BCUT2D eigenvalue weighted by Crippen LogP contribution is -2.17. The molecule has 0 fully saturated rings. The summed E-state index contributed by atoms with van der Waals surface area (Å²) < 4.78 is 10.2. The van der Waals surface area contributed by atoms with E-state index in [0.29, 0.717) is 17.1 Å². The van der Waals surface area contributed by atoms with Gasteiger partial charge in [0.25, 0.3) is 0 Å². The molecule has 0 atom stereocenters. The second kappa shape index (κ2) is 6.38. The predicted molar refractivity (Wildman–Crippen MR) is 73.3 cm³/mol. The third-order valence-electron chi connectivity index (χ3n) is 2.57. The Hall–Kier alpha value is -2.82. The Kier molecular flexibility index (Phi) is 4.34. The SMILES string of the molecule is COC(=O)/C(=N/O)c1cccc(Oc2ccccc2)c1. The number of carbonyl (C=O) groups is 1. The van der Waals surface area contributed by atoms with Crippen LogP contribution in [0.3, 0.4) is 0 Å². The number of benzene rings is 2. The molecular formula is C15H13NO4. The predicted octanol–water partition coefficient (Wildman–Crippen LogP) is 2.83. The van der Waals surface area contributed by atoms with Crippen LogP contribution in [0, 0.1) is 0 Å². The van der Waals surface area contributed by atoms with Gasteiger partial charge in [0.2, 0.25) is 0 Å². The van der Waals surface area contributed by atoms with Crippen molar-refractivity contribution in [3.05, 3.63) is 60.2 Å². The number of nitrogens with zero attached hydrogens (tertiary/aromatic N) is 1. The molecule has 2 rings (SSSR count). The summed E-state index contributed by atoms with van der Waals surface area (Å²) in [4.78, 5) is 11.5. The smallest absolute Gasteiger partial charge is 0.360 e. The lowest BCUT2D eigenvalue weighted by molar-refractivity contribution is -0.132. The summed E-state index contributed by atoms with van der Waals surface area (Å²) in [5, 5.41) is 11.9. The summed E-state index contributed by atoms with van der Waals surface area (Å²) in [7, 11) is 1.22. The van der Waals surface area contributed by atoms with Gasteiger partial charge < -0.3 is 14.7 Å². The zero-order valence-corrected chi connectivity index (χ0v) is 10.8. The van der Waals surface area contributed by atoms with Crippen LogP contribution in [0.5, 0.6) is 11.5 Å². The van der Waals surface area contributed by atoms with Gasteiger partial charge in [-0.05, 0) is 24.3 Å². The van der Waals surface area contributed by atoms with Gasteiger partial charge in [-0.1, -0.05) is 35.5 Å². The van der Waals surface area contributed by atoms with Crippen LogP contribution in [0.4, 0.5) is 0 Å². The average Bonchev–Trinajstić information content (AvgIpc) is 2.49. The Balaban J connectivity index is 2.26. The molecule has 5 nitrogen and oxygen atoms in total. The number of para-hydroxylation sites is 1. The first kappa shape index (κ1) is 13.6. The van der Waals surface area contributed by atoms with E-state index < -0.39 is 5.97 Å². The highest BCUT2D eigenvalue weighted by Crippen LogP contribution is 2.22. The molecule has 0 heterocycles. The molecule has 0 bridgehead atoms. The van der Waals surface area contributed by atoms with Crippen LogP contribution in [0.15, 0.2) is 59.8 Å². The summed E-state index contributed by atoms with van der Waals surface area (Å²) in [6.45, 7) is 0. The number of rotatable bonds is 4. The van der Waals surface area contributed by atoms with Crippen molar-refractivity contribution in [2.24, 2.45) is 5.16 Å². The van der Waals surface area contributed by atoms with E-state index in [0.717, 1.165) is 0 Å². The molecule has 0 spiro atoms. The van der Waals surface area contributed by atoms with Gasteiger partial charge in [-0.25, -0.2) is 4.79 Å². The lowest BCUT2D eigenvalue weighted by Gasteiger charge is -2.07. The second-order valence-corrected chi connectivity index (χ2v) is 3.88. The first-order chi connectivity index (χ1) is 9.74. The molecule has 0 aliphatic rings. The van der Waals surface area contributed by atoms with E-state index in [2.05, 4.69) is 9.89 Å². The van der Waals surface area contributed by atoms with Crippen molar-refractivity contribution < 1.29 is 19.5 Å². The topological polar surface area (TPSA) is 68.1 Å². The lowest BCUT2D eigenvalue weighted by atomic mass is 10.1. The average molecular weight is 271 g/mol. The van der Waals surface area contributed by atoms with Gasteiger partial charge in [0, 0.05) is 5.56 Å². The van der Waals surface area contributed by atoms with Crippen molar-refractivity contribution in [2.75, 3.05) is 7.11 Å². The number of oxime groups is 1. The standard InChI is InChI=1S/C15H13NO4/c1-19-15(17)14(16-18)11-6-5-9-13(10-11)20-12-7-3-2-4-8-12/h2-10,18H,1H3/b16-14+. The van der Waals surface area contributed by atoms with Crippen LogP contribution < -0.4 is 4.74 Å². The van der Waals surface area contributed by atoms with Crippen molar-refractivity contribution in [1.29, 1.82) is 0 Å². The highest BCUT2D eigenvalue weighted by atomic mass is 16.5. The minimum atomic E-state index is -0.718. The van der Waals surface area contributed by atoms with Gasteiger partial charge in [0.1, 0.15) is 11.5 Å². The van der Waals surface area contributed by atoms with Gasteiger partial charge in [0.05, 0.1) is 7.11 Å². The molecule has 2 aromatic carbocycles. The minimum absolute atomic E-state index is 0.175. The quantitative estimate of drug-likeness (QED) is 0.402. The van der Waals surface area contributed by atoms with Gasteiger partial charge in [-0.15, -0.1) is 0 Å². The van der Waals surface area contributed by atoms with Crippen LogP contribution in [0.1, 0.15) is 5.56 Å². The molecule has 2 aromatic rings. The summed E-state index contributed by atoms with van der Waals surface area (Å²) >= 11 is 0. The fourth-order valence-electron chi connectivity index (χ4n) is 1.64. The highest BCUT2D eigenvalue weighted by molar-refractivity contribution is 6.43. The molecule has 0 saturated carbocycles. The van der Waals surface area contributed by atoms with Crippen LogP contribution in [-0.4, -0.2) is 24.0 Å². The van der Waals surface area contributed by atoms with Gasteiger partial charge in [0.15, 0.2) is 5.71 Å². The van der Waals surface area contributed by atoms with Gasteiger partial charge >= 0.3 is 5.97 Å². The van der Waals surface area contributed by atoms with Crippen molar-refractivity contribution in [1.82, 2.24) is 0 Å². The molecule has 0 radical (unpaired) electrons. The number of carbonyl (C=O) groups excluding carboxylic acids is 1. The molecule has 0 aromatic heterocycles. The van der Waals surface area contributed by atoms with Gasteiger partial charge in [-0.3, -0.25) is 0 Å². The van der Waals surface area contributed by atoms with Crippen LogP contribution >= 0.6 is 0 Å². The maximum atomic E-state index is 11.5. The molecule has 1 N–H and O–H groups in total. The zero-order valence-electron chi connectivity index (χ0n) is 10.8. The normalized spacial score (nSPS) is 10.9. The monoisotopic (exact) mass is 271 g/mol. The van der Waals surface area contributed by atoms with Crippen LogP contribution in [0.25, 0.3) is 0 Å². The number of esters is 1. The van der Waals surface area contributed by atoms with Crippen molar-refractivity contribution in [3.63, 3.8) is 0 Å². The van der Waals surface area contributed by atoms with E-state index in [9.17, 15) is 4.79 Å². The van der Waals surface area contributed by atoms with Crippen molar-refractivity contribution in [2.45, 2.75) is 0 Å². The maximum absolute atomic E-state index is 11.5. The molecule has 5 heteroatoms. The zero-order chi connectivity index (χ0) is 14.4. The Morgan fingerprint density at radius 3 is 2.40 bits per heavy atom. The first-order valence-corrected chi connectivity index (χ1v) is 5.88. The summed E-state index contributed by atoms with van der Waals surface area (Å²) in [5.41, 5.74) is 0.235. The summed E-state index contributed by atoms with van der Waals surface area (Å²) in [6.07, 6.45) is 0. The van der Waals surface area contributed by atoms with Crippen LogP contribution in [-0.2, 0) is 9.53 Å². The van der Waals surface area contributed by atoms with Crippen LogP contribution in [0.2, 0.25) is 0 Å². The molecular weight excluding hydrogens is 258 g/mol.